The number of carbonyl (C=O) groups is 2. The van der Waals surface area contributed by atoms with E-state index in [-0.39, 0.29) is 17.5 Å². The first-order valence-corrected chi connectivity index (χ1v) is 8.95. The lowest BCUT2D eigenvalue weighted by molar-refractivity contribution is -0.107. The van der Waals surface area contributed by atoms with Gasteiger partial charge in [0.1, 0.15) is 6.29 Å². The SMILES string of the molecule is C=C(NC)c1cc(C(=O)NC2CC2)cn(Cc2cccc(CC=O)c2)c1=O. The van der Waals surface area contributed by atoms with Crippen molar-refractivity contribution in [1.82, 2.24) is 15.2 Å². The van der Waals surface area contributed by atoms with Gasteiger partial charge in [-0.05, 0) is 30.0 Å². The molecule has 1 aromatic heterocycles. The van der Waals surface area contributed by atoms with Crippen LogP contribution in [0.3, 0.4) is 0 Å². The summed E-state index contributed by atoms with van der Waals surface area (Å²) in [4.78, 5) is 36.1. The van der Waals surface area contributed by atoms with E-state index in [1.807, 2.05) is 24.3 Å². The number of hydrogen-bond donors (Lipinski definition) is 2. The maximum Gasteiger partial charge on any atom is 0.260 e. The van der Waals surface area contributed by atoms with Crippen LogP contribution in [-0.4, -0.2) is 29.8 Å². The molecule has 0 spiro atoms. The minimum Gasteiger partial charge on any atom is -0.388 e. The number of carbonyl (C=O) groups excluding carboxylic acids is 2. The van der Waals surface area contributed by atoms with Gasteiger partial charge in [0.15, 0.2) is 0 Å². The lowest BCUT2D eigenvalue weighted by Crippen LogP contribution is -2.31. The highest BCUT2D eigenvalue weighted by molar-refractivity contribution is 5.95. The number of hydrogen-bond acceptors (Lipinski definition) is 4. The van der Waals surface area contributed by atoms with Crippen molar-refractivity contribution in [3.63, 3.8) is 0 Å². The van der Waals surface area contributed by atoms with Gasteiger partial charge in [-0.2, -0.15) is 0 Å². The molecule has 2 aromatic rings. The topological polar surface area (TPSA) is 80.2 Å². The number of amides is 1. The molecule has 1 heterocycles. The Balaban J connectivity index is 1.98. The summed E-state index contributed by atoms with van der Waals surface area (Å²) in [5.41, 5.74) is 2.81. The van der Waals surface area contributed by atoms with Crippen LogP contribution in [0.25, 0.3) is 5.70 Å². The molecular weight excluding hydrogens is 342 g/mol. The van der Waals surface area contributed by atoms with Crippen molar-refractivity contribution in [1.29, 1.82) is 0 Å². The van der Waals surface area contributed by atoms with E-state index in [1.165, 1.54) is 4.57 Å². The predicted octanol–water partition coefficient (Wildman–Crippen LogP) is 1.72. The number of rotatable bonds is 8. The maximum atomic E-state index is 12.9. The normalized spacial score (nSPS) is 13.1. The molecule has 0 bridgehead atoms. The van der Waals surface area contributed by atoms with Crippen molar-refractivity contribution >= 4 is 17.9 Å². The third-order valence-electron chi connectivity index (χ3n) is 4.55. The van der Waals surface area contributed by atoms with Gasteiger partial charge in [-0.3, -0.25) is 9.59 Å². The van der Waals surface area contributed by atoms with Crippen LogP contribution in [0.1, 0.15) is 39.9 Å². The fraction of sp³-hybridized carbons (Fsp3) is 0.286. The Kier molecular flexibility index (Phi) is 5.54. The Bertz CT molecular complexity index is 942. The highest BCUT2D eigenvalue weighted by Crippen LogP contribution is 2.19. The molecule has 140 valence electrons. The molecule has 6 nitrogen and oxygen atoms in total. The molecule has 1 amide bonds. The average molecular weight is 365 g/mol. The van der Waals surface area contributed by atoms with Crippen LogP contribution in [0.4, 0.5) is 0 Å². The molecule has 0 aliphatic heterocycles. The fourth-order valence-corrected chi connectivity index (χ4v) is 2.87. The Labute approximate surface area is 157 Å². The van der Waals surface area contributed by atoms with Crippen molar-refractivity contribution in [2.24, 2.45) is 0 Å². The zero-order valence-electron chi connectivity index (χ0n) is 15.3. The molecule has 27 heavy (non-hydrogen) atoms. The molecule has 0 radical (unpaired) electrons. The molecule has 1 aliphatic rings. The minimum atomic E-state index is -0.224. The Morgan fingerprint density at radius 1 is 1.30 bits per heavy atom. The molecule has 0 atom stereocenters. The van der Waals surface area contributed by atoms with Crippen LogP contribution >= 0.6 is 0 Å². The van der Waals surface area contributed by atoms with Crippen molar-refractivity contribution in [2.45, 2.75) is 31.8 Å². The zero-order chi connectivity index (χ0) is 19.4. The fourth-order valence-electron chi connectivity index (χ4n) is 2.87. The monoisotopic (exact) mass is 365 g/mol. The van der Waals surface area contributed by atoms with E-state index in [0.717, 1.165) is 30.3 Å². The number of benzene rings is 1. The van der Waals surface area contributed by atoms with E-state index in [1.54, 1.807) is 19.3 Å². The van der Waals surface area contributed by atoms with Crippen LogP contribution in [0, 0.1) is 0 Å². The van der Waals surface area contributed by atoms with Gasteiger partial charge in [0.05, 0.1) is 17.7 Å². The number of aldehydes is 1. The maximum absolute atomic E-state index is 12.9. The summed E-state index contributed by atoms with van der Waals surface area (Å²) >= 11 is 0. The molecule has 1 aromatic carbocycles. The number of nitrogens with one attached hydrogen (secondary N) is 2. The quantitative estimate of drug-likeness (QED) is 0.698. The molecule has 0 unspecified atom stereocenters. The predicted molar refractivity (Wildman–Crippen MR) is 105 cm³/mol. The van der Waals surface area contributed by atoms with E-state index < -0.39 is 0 Å². The Hall–Kier alpha value is -3.15. The summed E-state index contributed by atoms with van der Waals surface area (Å²) in [5.74, 6) is -0.189. The van der Waals surface area contributed by atoms with E-state index >= 15 is 0 Å². The highest BCUT2D eigenvalue weighted by Gasteiger charge is 2.24. The van der Waals surface area contributed by atoms with Gasteiger partial charge >= 0.3 is 0 Å². The van der Waals surface area contributed by atoms with Gasteiger partial charge in [-0.1, -0.05) is 30.8 Å². The summed E-state index contributed by atoms with van der Waals surface area (Å²) in [5, 5.41) is 5.83. The van der Waals surface area contributed by atoms with Crippen LogP contribution in [-0.2, 0) is 17.8 Å². The molecule has 0 saturated heterocycles. The standard InChI is InChI=1S/C21H23N3O3/c1-14(22-2)19-11-17(20(26)23-18-6-7-18)13-24(21(19)27)12-16-5-3-4-15(10-16)8-9-25/h3-5,9-11,13,18,22H,1,6-8,12H2,2H3,(H,23,26). The number of pyridine rings is 1. The third-order valence-corrected chi connectivity index (χ3v) is 4.55. The van der Waals surface area contributed by atoms with Gasteiger partial charge in [0, 0.05) is 31.4 Å². The summed E-state index contributed by atoms with van der Waals surface area (Å²) in [7, 11) is 1.69. The third kappa shape index (κ3) is 4.53. The van der Waals surface area contributed by atoms with Gasteiger partial charge in [0.2, 0.25) is 0 Å². The second kappa shape index (κ2) is 8.03. The van der Waals surface area contributed by atoms with Crippen molar-refractivity contribution in [3.8, 4) is 0 Å². The van der Waals surface area contributed by atoms with E-state index in [0.29, 0.717) is 29.8 Å². The molecule has 1 saturated carbocycles. The summed E-state index contributed by atoms with van der Waals surface area (Å²) < 4.78 is 1.51. The molecule has 3 rings (SSSR count). The lowest BCUT2D eigenvalue weighted by atomic mass is 10.1. The lowest BCUT2D eigenvalue weighted by Gasteiger charge is -2.14. The van der Waals surface area contributed by atoms with Crippen molar-refractivity contribution in [3.05, 3.63) is 75.7 Å². The molecule has 2 N–H and O–H groups in total. The van der Waals surface area contributed by atoms with Gasteiger partial charge in [-0.15, -0.1) is 0 Å². The molecule has 1 aliphatic carbocycles. The first-order chi connectivity index (χ1) is 13.0. The first kappa shape index (κ1) is 18.6. The van der Waals surface area contributed by atoms with Gasteiger partial charge in [-0.25, -0.2) is 0 Å². The van der Waals surface area contributed by atoms with Crippen molar-refractivity contribution in [2.75, 3.05) is 7.05 Å². The summed E-state index contributed by atoms with van der Waals surface area (Å²) in [6, 6.07) is 9.33. The van der Waals surface area contributed by atoms with Crippen molar-refractivity contribution < 1.29 is 9.59 Å². The minimum absolute atomic E-state index is 0.189. The van der Waals surface area contributed by atoms with E-state index in [2.05, 4.69) is 17.2 Å². The van der Waals surface area contributed by atoms with Gasteiger partial charge in [0.25, 0.3) is 11.5 Å². The average Bonchev–Trinajstić information content (AvgIpc) is 3.47. The smallest absolute Gasteiger partial charge is 0.260 e. The van der Waals surface area contributed by atoms with Crippen LogP contribution in [0.5, 0.6) is 0 Å². The first-order valence-electron chi connectivity index (χ1n) is 8.95. The Morgan fingerprint density at radius 2 is 2.04 bits per heavy atom. The van der Waals surface area contributed by atoms with Gasteiger partial charge < -0.3 is 20.0 Å². The molecule has 1 fully saturated rings. The Morgan fingerprint density at radius 3 is 2.70 bits per heavy atom. The molecular formula is C21H23N3O3. The van der Waals surface area contributed by atoms with Crippen LogP contribution in [0.2, 0.25) is 0 Å². The van der Waals surface area contributed by atoms with Crippen LogP contribution in [0.15, 0.2) is 47.9 Å². The molecule has 6 heteroatoms. The second-order valence-corrected chi connectivity index (χ2v) is 6.74. The summed E-state index contributed by atoms with van der Waals surface area (Å²) in [6.45, 7) is 4.18. The summed E-state index contributed by atoms with van der Waals surface area (Å²) in [6.07, 6.45) is 4.74. The second-order valence-electron chi connectivity index (χ2n) is 6.74. The zero-order valence-corrected chi connectivity index (χ0v) is 15.3. The largest absolute Gasteiger partial charge is 0.388 e. The van der Waals surface area contributed by atoms with E-state index in [9.17, 15) is 14.4 Å². The number of aromatic nitrogens is 1. The van der Waals surface area contributed by atoms with Crippen LogP contribution < -0.4 is 16.2 Å². The highest BCUT2D eigenvalue weighted by atomic mass is 16.2. The number of nitrogens with zero attached hydrogens (tertiary/aromatic N) is 1. The van der Waals surface area contributed by atoms with E-state index in [4.69, 9.17) is 0 Å².